The number of hydrogen-bond donors (Lipinski definition) is 0. The number of anilines is 3. The molecule has 6 nitrogen and oxygen atoms in total. The normalized spacial score (nSPS) is 12.0. The van der Waals surface area contributed by atoms with Crippen LogP contribution >= 0.6 is 11.8 Å². The Morgan fingerprint density at radius 1 is 0.500 bits per heavy atom. The van der Waals surface area contributed by atoms with Gasteiger partial charge in [-0.3, -0.25) is 0 Å². The first-order chi connectivity index (χ1) is 26.3. The second-order valence-corrected chi connectivity index (χ2v) is 13.9. The Kier molecular flexibility index (Phi) is 7.86. The Hall–Kier alpha value is -6.14. The van der Waals surface area contributed by atoms with Crippen LogP contribution in [0.5, 0.6) is 11.5 Å². The molecule has 11 rings (SSSR count). The molecule has 0 spiro atoms. The molecule has 6 aromatic carbocycles. The predicted molar refractivity (Wildman–Crippen MR) is 214 cm³/mol. The summed E-state index contributed by atoms with van der Waals surface area (Å²) in [7, 11) is 0. The van der Waals surface area contributed by atoms with E-state index < -0.39 is 0 Å². The number of hydrogen-bond acceptors (Lipinski definition) is 5. The van der Waals surface area contributed by atoms with E-state index in [1.807, 2.05) is 67.0 Å². The van der Waals surface area contributed by atoms with Crippen LogP contribution in [0.2, 0.25) is 0 Å². The van der Waals surface area contributed by atoms with Crippen molar-refractivity contribution in [2.24, 2.45) is 0 Å². The minimum atomic E-state index is 0. The molecule has 0 radical (unpaired) electrons. The van der Waals surface area contributed by atoms with Crippen molar-refractivity contribution in [3.05, 3.63) is 176 Å². The largest absolute Gasteiger partial charge is 2.00 e. The van der Waals surface area contributed by atoms with Crippen molar-refractivity contribution in [2.75, 3.05) is 4.90 Å². The zero-order valence-electron chi connectivity index (χ0n) is 28.5. The number of fused-ring (bicyclic) bond motifs is 8. The molecule has 0 saturated heterocycles. The van der Waals surface area contributed by atoms with E-state index in [-0.39, 0.29) is 21.1 Å². The van der Waals surface area contributed by atoms with Gasteiger partial charge in [-0.15, -0.1) is 35.0 Å². The summed E-state index contributed by atoms with van der Waals surface area (Å²) in [6, 6.07) is 59.9. The van der Waals surface area contributed by atoms with E-state index in [2.05, 4.69) is 123 Å². The molecule has 0 fully saturated rings. The number of aromatic nitrogens is 4. The fourth-order valence-corrected chi connectivity index (χ4v) is 8.62. The van der Waals surface area contributed by atoms with Crippen molar-refractivity contribution in [2.45, 2.75) is 9.79 Å². The van der Waals surface area contributed by atoms with Gasteiger partial charge in [0.05, 0.1) is 15.5 Å². The van der Waals surface area contributed by atoms with Crippen molar-refractivity contribution < 1.29 is 25.8 Å². The van der Waals surface area contributed by atoms with Gasteiger partial charge in [0.2, 0.25) is 0 Å². The van der Waals surface area contributed by atoms with Crippen molar-refractivity contribution >= 4 is 72.4 Å². The average molecular weight is 893 g/mol. The number of benzene rings is 6. The molecule has 0 atom stereocenters. The molecule has 0 unspecified atom stereocenters. The molecule has 10 aromatic rings. The number of rotatable bonds is 5. The maximum absolute atomic E-state index is 6.52. The third-order valence-corrected chi connectivity index (χ3v) is 11.0. The summed E-state index contributed by atoms with van der Waals surface area (Å²) >= 11 is 1.72. The molecular weight excluding hydrogens is 866 g/mol. The molecule has 0 N–H and O–H groups in total. The van der Waals surface area contributed by atoms with Crippen LogP contribution in [-0.2, 0) is 21.1 Å². The van der Waals surface area contributed by atoms with Gasteiger partial charge < -0.3 is 18.8 Å². The van der Waals surface area contributed by atoms with Crippen LogP contribution in [0.25, 0.3) is 55.2 Å². The smallest absolute Gasteiger partial charge is 0.455 e. The number of nitrogens with zero attached hydrogens (tertiary/aromatic N) is 5. The van der Waals surface area contributed by atoms with Crippen LogP contribution in [0.15, 0.2) is 174 Å². The molecule has 54 heavy (non-hydrogen) atoms. The Labute approximate surface area is 329 Å². The van der Waals surface area contributed by atoms with Crippen LogP contribution in [-0.4, -0.2) is 19.1 Å². The molecule has 8 heteroatoms. The topological polar surface area (TPSA) is 48.1 Å². The van der Waals surface area contributed by atoms with Crippen LogP contribution in [0.1, 0.15) is 0 Å². The van der Waals surface area contributed by atoms with E-state index in [0.29, 0.717) is 0 Å². The SMILES string of the molecule is [Pt+2].[c-]1c(N(c2[c-]c3c(cc2)c2ccccc2n3-c2ccccn2)c2cccc3c2Sc2ccccc2O3)ccc2c3ccccc3n(-c3ccccn3)c12. The molecule has 0 saturated carbocycles. The van der Waals surface area contributed by atoms with Gasteiger partial charge in [0.15, 0.2) is 0 Å². The van der Waals surface area contributed by atoms with Crippen molar-refractivity contribution in [3.8, 4) is 23.1 Å². The monoisotopic (exact) mass is 892 g/mol. The third kappa shape index (κ3) is 5.07. The molecule has 1 aliphatic rings. The van der Waals surface area contributed by atoms with Crippen molar-refractivity contribution in [3.63, 3.8) is 0 Å². The van der Waals surface area contributed by atoms with E-state index in [1.54, 1.807) is 11.8 Å². The first-order valence-electron chi connectivity index (χ1n) is 17.4. The van der Waals surface area contributed by atoms with Crippen LogP contribution < -0.4 is 9.64 Å². The van der Waals surface area contributed by atoms with Gasteiger partial charge in [-0.2, -0.15) is 12.1 Å². The maximum atomic E-state index is 6.52. The second kappa shape index (κ2) is 13.1. The van der Waals surface area contributed by atoms with E-state index >= 15 is 0 Å². The van der Waals surface area contributed by atoms with E-state index in [4.69, 9.17) is 14.7 Å². The van der Waals surface area contributed by atoms with Crippen LogP contribution in [0.3, 0.4) is 0 Å². The standard InChI is InChI=1S/C46H27N5OS.Pt/c1-3-14-36-32(12-1)34-24-22-30(28-39(34)50(36)44-20-7-9-26-47-44)49(38-16-11-18-42-46(38)53-43-19-6-5-17-41(43)52-42)31-23-25-35-33-13-2-4-15-37(33)51(40(35)29-31)45-21-8-10-27-48-45;/h1-27H;/q-2;+2. The summed E-state index contributed by atoms with van der Waals surface area (Å²) in [5.41, 5.74) is 6.72. The number of ether oxygens (including phenoxy) is 1. The number of pyridine rings is 2. The van der Waals surface area contributed by atoms with E-state index in [0.717, 1.165) is 93.6 Å². The summed E-state index contributed by atoms with van der Waals surface area (Å²) in [5, 5.41) is 4.50. The Balaban J connectivity index is 0.00000361. The van der Waals surface area contributed by atoms with Gasteiger partial charge in [-0.1, -0.05) is 101 Å². The van der Waals surface area contributed by atoms with Gasteiger partial charge in [0.1, 0.15) is 23.1 Å². The zero-order chi connectivity index (χ0) is 34.9. The van der Waals surface area contributed by atoms with Gasteiger partial charge in [0, 0.05) is 23.4 Å². The third-order valence-electron chi connectivity index (χ3n) is 9.86. The summed E-state index contributed by atoms with van der Waals surface area (Å²) in [5.74, 6) is 3.34. The van der Waals surface area contributed by atoms with Crippen molar-refractivity contribution in [1.82, 2.24) is 19.1 Å². The molecule has 0 bridgehead atoms. The zero-order valence-corrected chi connectivity index (χ0v) is 31.5. The molecule has 0 amide bonds. The Morgan fingerprint density at radius 3 is 1.63 bits per heavy atom. The molecule has 0 aliphatic carbocycles. The average Bonchev–Trinajstić information content (AvgIpc) is 3.73. The molecule has 1 aliphatic heterocycles. The van der Waals surface area contributed by atoms with E-state index in [9.17, 15) is 0 Å². The second-order valence-electron chi connectivity index (χ2n) is 12.9. The Bertz CT molecular complexity index is 2880. The molecular formula is C46H27N5OPtS. The van der Waals surface area contributed by atoms with E-state index in [1.165, 1.54) is 0 Å². The summed E-state index contributed by atoms with van der Waals surface area (Å²) in [6.45, 7) is 0. The van der Waals surface area contributed by atoms with Gasteiger partial charge >= 0.3 is 21.1 Å². The first kappa shape index (κ1) is 32.5. The molecule has 4 aromatic heterocycles. The summed E-state index contributed by atoms with van der Waals surface area (Å²) in [6.07, 6.45) is 3.67. The summed E-state index contributed by atoms with van der Waals surface area (Å²) in [4.78, 5) is 13.9. The predicted octanol–water partition coefficient (Wildman–Crippen LogP) is 12.0. The Morgan fingerprint density at radius 2 is 1.04 bits per heavy atom. The first-order valence-corrected chi connectivity index (χ1v) is 18.2. The minimum Gasteiger partial charge on any atom is -0.455 e. The molecule has 5 heterocycles. The van der Waals surface area contributed by atoms with Crippen molar-refractivity contribution in [1.29, 1.82) is 0 Å². The van der Waals surface area contributed by atoms with Crippen LogP contribution in [0, 0.1) is 12.1 Å². The fourth-order valence-electron chi connectivity index (χ4n) is 7.57. The quantitative estimate of drug-likeness (QED) is 0.161. The summed E-state index contributed by atoms with van der Waals surface area (Å²) < 4.78 is 10.9. The maximum Gasteiger partial charge on any atom is 2.00 e. The fraction of sp³-hybridized carbons (Fsp3) is 0. The number of para-hydroxylation sites is 3. The van der Waals surface area contributed by atoms with Gasteiger partial charge in [0.25, 0.3) is 0 Å². The van der Waals surface area contributed by atoms with Gasteiger partial charge in [-0.05, 0) is 71.4 Å². The minimum absolute atomic E-state index is 0. The molecule has 258 valence electrons. The van der Waals surface area contributed by atoms with Gasteiger partial charge in [-0.25, -0.2) is 9.97 Å². The van der Waals surface area contributed by atoms with Crippen LogP contribution in [0.4, 0.5) is 17.1 Å².